The maximum absolute atomic E-state index is 14.0. The van der Waals surface area contributed by atoms with Crippen LogP contribution in [-0.2, 0) is 6.42 Å². The first-order chi connectivity index (χ1) is 11.6. The number of hydroxylamine groups is 1. The normalized spacial score (nSPS) is 10.6. The molecule has 0 unspecified atom stereocenters. The quantitative estimate of drug-likeness (QED) is 0.567. The molecule has 8 heteroatoms. The van der Waals surface area contributed by atoms with E-state index < -0.39 is 17.5 Å². The lowest BCUT2D eigenvalue weighted by Gasteiger charge is -2.05. The van der Waals surface area contributed by atoms with Gasteiger partial charge in [-0.1, -0.05) is 23.4 Å². The number of rotatable bonds is 4. The lowest BCUT2D eigenvalue weighted by atomic mass is 10.1. The number of carbonyl (C=O) groups excluding carboxylic acids is 1. The van der Waals surface area contributed by atoms with Crippen LogP contribution in [0.25, 0.3) is 11.5 Å². The van der Waals surface area contributed by atoms with E-state index in [4.69, 9.17) is 9.73 Å². The minimum absolute atomic E-state index is 0.103. The maximum Gasteiger partial charge on any atom is 0.274 e. The Balaban J connectivity index is 1.87. The first kappa shape index (κ1) is 15.8. The van der Waals surface area contributed by atoms with Crippen molar-refractivity contribution in [3.63, 3.8) is 0 Å². The second kappa shape index (κ2) is 6.55. The van der Waals surface area contributed by atoms with Gasteiger partial charge in [-0.3, -0.25) is 10.0 Å². The predicted molar refractivity (Wildman–Crippen MR) is 78.2 cm³/mol. The van der Waals surface area contributed by atoms with Crippen molar-refractivity contribution in [3.8, 4) is 11.5 Å². The molecule has 0 fully saturated rings. The van der Waals surface area contributed by atoms with Gasteiger partial charge >= 0.3 is 0 Å². The van der Waals surface area contributed by atoms with Crippen molar-refractivity contribution in [3.05, 3.63) is 71.1 Å². The Morgan fingerprint density at radius 3 is 2.46 bits per heavy atom. The fourth-order valence-electron chi connectivity index (χ4n) is 2.15. The van der Waals surface area contributed by atoms with Gasteiger partial charge in [0.15, 0.2) is 5.82 Å². The summed E-state index contributed by atoms with van der Waals surface area (Å²) in [6, 6.07) is 10.6. The van der Waals surface area contributed by atoms with Crippen LogP contribution in [0, 0.1) is 11.6 Å². The third-order valence-electron chi connectivity index (χ3n) is 3.33. The Kier molecular flexibility index (Phi) is 4.30. The van der Waals surface area contributed by atoms with E-state index in [1.54, 1.807) is 24.3 Å². The number of halogens is 2. The van der Waals surface area contributed by atoms with Gasteiger partial charge < -0.3 is 4.52 Å². The van der Waals surface area contributed by atoms with Crippen molar-refractivity contribution in [2.45, 2.75) is 6.42 Å². The van der Waals surface area contributed by atoms with Gasteiger partial charge in [0.1, 0.15) is 11.6 Å². The van der Waals surface area contributed by atoms with Gasteiger partial charge in [-0.25, -0.2) is 14.3 Å². The van der Waals surface area contributed by atoms with E-state index in [0.29, 0.717) is 5.56 Å². The number of nitrogens with one attached hydrogen (secondary N) is 1. The van der Waals surface area contributed by atoms with Gasteiger partial charge in [-0.2, -0.15) is 4.98 Å². The highest BCUT2D eigenvalue weighted by atomic mass is 19.1. The van der Waals surface area contributed by atoms with Gasteiger partial charge in [-0.05, 0) is 24.3 Å². The van der Waals surface area contributed by atoms with Gasteiger partial charge in [-0.15, -0.1) is 0 Å². The molecule has 1 amide bonds. The van der Waals surface area contributed by atoms with Gasteiger partial charge in [0.2, 0.25) is 0 Å². The van der Waals surface area contributed by atoms with E-state index in [1.165, 1.54) is 5.48 Å². The molecule has 3 rings (SSSR count). The molecule has 0 saturated heterocycles. The number of aromatic nitrogens is 2. The highest BCUT2D eigenvalue weighted by Crippen LogP contribution is 2.21. The lowest BCUT2D eigenvalue weighted by molar-refractivity contribution is 0.0705. The summed E-state index contributed by atoms with van der Waals surface area (Å²) >= 11 is 0. The average molecular weight is 331 g/mol. The zero-order chi connectivity index (χ0) is 17.1. The summed E-state index contributed by atoms with van der Waals surface area (Å²) in [5.41, 5.74) is 1.36. The minimum Gasteiger partial charge on any atom is -0.334 e. The largest absolute Gasteiger partial charge is 0.334 e. The van der Waals surface area contributed by atoms with E-state index in [9.17, 15) is 13.6 Å². The zero-order valence-electron chi connectivity index (χ0n) is 12.2. The molecule has 3 aromatic rings. The number of hydrogen-bond acceptors (Lipinski definition) is 5. The van der Waals surface area contributed by atoms with Crippen LogP contribution < -0.4 is 5.48 Å². The SMILES string of the molecule is O=C(NO)c1cc(F)c(Cc2noc(-c3ccccc3)n2)c(F)c1. The summed E-state index contributed by atoms with van der Waals surface area (Å²) in [4.78, 5) is 15.3. The van der Waals surface area contributed by atoms with Crippen molar-refractivity contribution in [2.75, 3.05) is 0 Å². The smallest absolute Gasteiger partial charge is 0.274 e. The van der Waals surface area contributed by atoms with E-state index in [0.717, 1.165) is 12.1 Å². The Morgan fingerprint density at radius 2 is 1.83 bits per heavy atom. The van der Waals surface area contributed by atoms with Gasteiger partial charge in [0.25, 0.3) is 11.8 Å². The van der Waals surface area contributed by atoms with Crippen molar-refractivity contribution in [1.82, 2.24) is 15.6 Å². The molecule has 0 atom stereocenters. The predicted octanol–water partition coefficient (Wildman–Crippen LogP) is 2.72. The van der Waals surface area contributed by atoms with Crippen LogP contribution in [0.15, 0.2) is 47.0 Å². The molecule has 0 bridgehead atoms. The lowest BCUT2D eigenvalue weighted by Crippen LogP contribution is -2.19. The monoisotopic (exact) mass is 331 g/mol. The number of amides is 1. The Hall–Kier alpha value is -3.13. The first-order valence-electron chi connectivity index (χ1n) is 6.89. The fraction of sp³-hybridized carbons (Fsp3) is 0.0625. The molecule has 2 aromatic carbocycles. The van der Waals surface area contributed by atoms with Crippen LogP contribution >= 0.6 is 0 Å². The van der Waals surface area contributed by atoms with Gasteiger partial charge in [0.05, 0.1) is 0 Å². The second-order valence-electron chi connectivity index (χ2n) is 4.92. The van der Waals surface area contributed by atoms with Crippen molar-refractivity contribution >= 4 is 5.91 Å². The molecule has 6 nitrogen and oxygen atoms in total. The number of carbonyl (C=O) groups is 1. The fourth-order valence-corrected chi connectivity index (χ4v) is 2.15. The Morgan fingerprint density at radius 1 is 1.17 bits per heavy atom. The number of benzene rings is 2. The highest BCUT2D eigenvalue weighted by Gasteiger charge is 2.18. The molecule has 24 heavy (non-hydrogen) atoms. The summed E-state index contributed by atoms with van der Waals surface area (Å²) in [6.45, 7) is 0. The van der Waals surface area contributed by atoms with E-state index in [-0.39, 0.29) is 29.3 Å². The van der Waals surface area contributed by atoms with Crippen LogP contribution in [0.1, 0.15) is 21.7 Å². The molecular formula is C16H11F2N3O3. The molecule has 2 N–H and O–H groups in total. The van der Waals surface area contributed by atoms with Gasteiger partial charge in [0, 0.05) is 23.1 Å². The van der Waals surface area contributed by atoms with E-state index in [2.05, 4.69) is 10.1 Å². The molecule has 0 aliphatic heterocycles. The molecule has 0 aliphatic carbocycles. The first-order valence-corrected chi connectivity index (χ1v) is 6.89. The van der Waals surface area contributed by atoms with Crippen LogP contribution in [-0.4, -0.2) is 21.3 Å². The summed E-state index contributed by atoms with van der Waals surface area (Å²) < 4.78 is 33.1. The summed E-state index contributed by atoms with van der Waals surface area (Å²) in [6.07, 6.45) is -0.241. The van der Waals surface area contributed by atoms with Crippen LogP contribution in [0.2, 0.25) is 0 Å². The zero-order valence-corrected chi connectivity index (χ0v) is 12.2. The van der Waals surface area contributed by atoms with E-state index in [1.807, 2.05) is 6.07 Å². The topological polar surface area (TPSA) is 88.2 Å². The van der Waals surface area contributed by atoms with E-state index >= 15 is 0 Å². The van der Waals surface area contributed by atoms with Crippen LogP contribution in [0.4, 0.5) is 8.78 Å². The summed E-state index contributed by atoms with van der Waals surface area (Å²) in [5.74, 6) is -2.56. The number of nitrogens with zero attached hydrogens (tertiary/aromatic N) is 2. The molecular weight excluding hydrogens is 320 g/mol. The minimum atomic E-state index is -1.01. The summed E-state index contributed by atoms with van der Waals surface area (Å²) in [7, 11) is 0. The highest BCUT2D eigenvalue weighted by molar-refractivity contribution is 5.93. The molecule has 122 valence electrons. The summed E-state index contributed by atoms with van der Waals surface area (Å²) in [5, 5.41) is 12.2. The van der Waals surface area contributed by atoms with Crippen molar-refractivity contribution in [2.24, 2.45) is 0 Å². The molecule has 0 spiro atoms. The third kappa shape index (κ3) is 3.13. The molecule has 0 aliphatic rings. The second-order valence-corrected chi connectivity index (χ2v) is 4.92. The average Bonchev–Trinajstić information content (AvgIpc) is 3.06. The third-order valence-corrected chi connectivity index (χ3v) is 3.33. The Labute approximate surface area is 134 Å². The van der Waals surface area contributed by atoms with Crippen LogP contribution in [0.5, 0.6) is 0 Å². The molecule has 1 aromatic heterocycles. The van der Waals surface area contributed by atoms with Crippen molar-refractivity contribution in [1.29, 1.82) is 0 Å². The van der Waals surface area contributed by atoms with Crippen molar-refractivity contribution < 1.29 is 23.3 Å². The molecule has 0 saturated carbocycles. The Bertz CT molecular complexity index is 858. The standard InChI is InChI=1S/C16H11F2N3O3/c17-12-6-10(15(22)20-23)7-13(18)11(12)8-14-19-16(24-21-14)9-4-2-1-3-5-9/h1-7,23H,8H2,(H,20,22). The maximum atomic E-state index is 14.0. The van der Waals surface area contributed by atoms with Crippen LogP contribution in [0.3, 0.4) is 0 Å². The molecule has 0 radical (unpaired) electrons. The number of hydrogen-bond donors (Lipinski definition) is 2. The molecule has 1 heterocycles.